The van der Waals surface area contributed by atoms with Gasteiger partial charge in [-0.05, 0) is 37.3 Å². The van der Waals surface area contributed by atoms with Crippen molar-refractivity contribution in [3.8, 4) is 28.6 Å². The van der Waals surface area contributed by atoms with Gasteiger partial charge >= 0.3 is 0 Å². The Kier molecular flexibility index (Phi) is 5.14. The Morgan fingerprint density at radius 1 is 1.11 bits per heavy atom. The fourth-order valence-electron chi connectivity index (χ4n) is 2.94. The Labute approximate surface area is 162 Å². The highest BCUT2D eigenvalue weighted by molar-refractivity contribution is 5.93. The number of anilines is 1. The number of hydrogen-bond donors (Lipinski definition) is 1. The lowest BCUT2D eigenvalue weighted by atomic mass is 10.1. The minimum absolute atomic E-state index is 0.0918. The molecule has 1 aromatic heterocycles. The zero-order valence-electron chi connectivity index (χ0n) is 15.4. The molecule has 0 spiro atoms. The van der Waals surface area contributed by atoms with Crippen molar-refractivity contribution in [1.29, 1.82) is 0 Å². The number of nitrogens with one attached hydrogen (secondary N) is 1. The summed E-state index contributed by atoms with van der Waals surface area (Å²) in [6, 6.07) is 14.6. The summed E-state index contributed by atoms with van der Waals surface area (Å²) in [5, 5.41) is 6.86. The van der Waals surface area contributed by atoms with Crippen molar-refractivity contribution in [3.05, 3.63) is 54.2 Å². The standard InChI is InChI=1S/C21H20N2O5/c1-2-25-17-6-4-3-5-16(17)22-21(24)13-15-12-19(28-23-15)14-7-8-18-20(11-14)27-10-9-26-18/h3-8,11-12H,2,9-10,13H2,1H3,(H,22,24). The topological polar surface area (TPSA) is 82.8 Å². The minimum atomic E-state index is -0.200. The number of aromatic nitrogens is 1. The van der Waals surface area contributed by atoms with E-state index < -0.39 is 0 Å². The SMILES string of the molecule is CCOc1ccccc1NC(=O)Cc1cc(-c2ccc3c(c2)OCCO3)on1. The fraction of sp³-hybridized carbons (Fsp3) is 0.238. The molecule has 2 heterocycles. The quantitative estimate of drug-likeness (QED) is 0.702. The van der Waals surface area contributed by atoms with E-state index in [4.69, 9.17) is 18.7 Å². The van der Waals surface area contributed by atoms with Gasteiger partial charge < -0.3 is 24.1 Å². The summed E-state index contributed by atoms with van der Waals surface area (Å²) in [6.45, 7) is 3.48. The van der Waals surface area contributed by atoms with Gasteiger partial charge in [0.25, 0.3) is 0 Å². The molecule has 2 aromatic carbocycles. The van der Waals surface area contributed by atoms with Crippen LogP contribution >= 0.6 is 0 Å². The molecule has 1 aliphatic heterocycles. The summed E-state index contributed by atoms with van der Waals surface area (Å²) < 4.78 is 22.0. The predicted octanol–water partition coefficient (Wildman–Crippen LogP) is 3.69. The molecule has 28 heavy (non-hydrogen) atoms. The Bertz CT molecular complexity index is 982. The van der Waals surface area contributed by atoms with Gasteiger partial charge in [-0.3, -0.25) is 4.79 Å². The van der Waals surface area contributed by atoms with Gasteiger partial charge in [0.1, 0.15) is 19.0 Å². The number of rotatable bonds is 6. The van der Waals surface area contributed by atoms with Gasteiger partial charge in [0, 0.05) is 11.6 Å². The highest BCUT2D eigenvalue weighted by Gasteiger charge is 2.16. The van der Waals surface area contributed by atoms with Crippen LogP contribution in [-0.2, 0) is 11.2 Å². The third-order valence-corrected chi connectivity index (χ3v) is 4.19. The van der Waals surface area contributed by atoms with E-state index in [-0.39, 0.29) is 12.3 Å². The molecule has 7 heteroatoms. The summed E-state index contributed by atoms with van der Waals surface area (Å²) >= 11 is 0. The lowest BCUT2D eigenvalue weighted by Gasteiger charge is -2.18. The van der Waals surface area contributed by atoms with E-state index in [1.807, 2.05) is 43.3 Å². The van der Waals surface area contributed by atoms with Crippen molar-refractivity contribution in [3.63, 3.8) is 0 Å². The van der Waals surface area contributed by atoms with Crippen LogP contribution in [0, 0.1) is 0 Å². The molecule has 0 saturated carbocycles. The second-order valence-electron chi connectivity index (χ2n) is 6.20. The monoisotopic (exact) mass is 380 g/mol. The smallest absolute Gasteiger partial charge is 0.230 e. The van der Waals surface area contributed by atoms with Gasteiger partial charge in [-0.1, -0.05) is 17.3 Å². The number of para-hydroxylation sites is 2. The van der Waals surface area contributed by atoms with Crippen molar-refractivity contribution in [2.45, 2.75) is 13.3 Å². The van der Waals surface area contributed by atoms with E-state index in [1.54, 1.807) is 12.1 Å². The average Bonchev–Trinajstić information content (AvgIpc) is 3.17. The van der Waals surface area contributed by atoms with Crippen LogP contribution in [-0.4, -0.2) is 30.9 Å². The molecule has 0 aliphatic carbocycles. The number of carbonyl (C=O) groups is 1. The van der Waals surface area contributed by atoms with Gasteiger partial charge in [0.15, 0.2) is 17.3 Å². The molecule has 3 aromatic rings. The average molecular weight is 380 g/mol. The van der Waals surface area contributed by atoms with Gasteiger partial charge in [-0.2, -0.15) is 0 Å². The van der Waals surface area contributed by atoms with Gasteiger partial charge in [-0.15, -0.1) is 0 Å². The van der Waals surface area contributed by atoms with Crippen LogP contribution in [0.25, 0.3) is 11.3 Å². The van der Waals surface area contributed by atoms with E-state index in [9.17, 15) is 4.79 Å². The van der Waals surface area contributed by atoms with Crippen molar-refractivity contribution >= 4 is 11.6 Å². The fourth-order valence-corrected chi connectivity index (χ4v) is 2.94. The molecule has 4 rings (SSSR count). The summed E-state index contributed by atoms with van der Waals surface area (Å²) in [5.41, 5.74) is 1.98. The van der Waals surface area contributed by atoms with Crippen LogP contribution in [0.1, 0.15) is 12.6 Å². The van der Waals surface area contributed by atoms with Crippen LogP contribution < -0.4 is 19.5 Å². The second-order valence-corrected chi connectivity index (χ2v) is 6.20. The molecule has 0 radical (unpaired) electrons. The van der Waals surface area contributed by atoms with Crippen LogP contribution in [0.3, 0.4) is 0 Å². The number of nitrogens with zero attached hydrogens (tertiary/aromatic N) is 1. The number of fused-ring (bicyclic) bond motifs is 1. The molecule has 1 amide bonds. The third-order valence-electron chi connectivity index (χ3n) is 4.19. The Morgan fingerprint density at radius 2 is 1.93 bits per heavy atom. The van der Waals surface area contributed by atoms with Crippen molar-refractivity contribution < 1.29 is 23.5 Å². The summed E-state index contributed by atoms with van der Waals surface area (Å²) in [4.78, 5) is 12.4. The summed E-state index contributed by atoms with van der Waals surface area (Å²) in [5.74, 6) is 2.38. The minimum Gasteiger partial charge on any atom is -0.492 e. The van der Waals surface area contributed by atoms with Crippen molar-refractivity contribution in [2.75, 3.05) is 25.1 Å². The van der Waals surface area contributed by atoms with Crippen LogP contribution in [0.15, 0.2) is 53.1 Å². The first-order chi connectivity index (χ1) is 13.7. The Morgan fingerprint density at radius 3 is 2.79 bits per heavy atom. The zero-order chi connectivity index (χ0) is 19.3. The number of carbonyl (C=O) groups excluding carboxylic acids is 1. The number of ether oxygens (including phenoxy) is 3. The molecule has 0 atom stereocenters. The first kappa shape index (κ1) is 17.9. The lowest BCUT2D eigenvalue weighted by molar-refractivity contribution is -0.115. The van der Waals surface area contributed by atoms with E-state index >= 15 is 0 Å². The van der Waals surface area contributed by atoms with Crippen molar-refractivity contribution in [2.24, 2.45) is 0 Å². The predicted molar refractivity (Wildman–Crippen MR) is 103 cm³/mol. The van der Waals surface area contributed by atoms with E-state index in [2.05, 4.69) is 10.5 Å². The molecule has 0 fully saturated rings. The molecule has 144 valence electrons. The number of benzene rings is 2. The summed E-state index contributed by atoms with van der Waals surface area (Å²) in [6.07, 6.45) is 0.0918. The van der Waals surface area contributed by atoms with E-state index in [0.717, 1.165) is 5.56 Å². The lowest BCUT2D eigenvalue weighted by Crippen LogP contribution is -2.15. The van der Waals surface area contributed by atoms with Crippen LogP contribution in [0.4, 0.5) is 5.69 Å². The van der Waals surface area contributed by atoms with Crippen molar-refractivity contribution in [1.82, 2.24) is 5.16 Å². The molecule has 1 N–H and O–H groups in total. The molecule has 0 saturated heterocycles. The van der Waals surface area contributed by atoms with E-state index in [1.165, 1.54) is 0 Å². The molecule has 7 nitrogen and oxygen atoms in total. The molecular weight excluding hydrogens is 360 g/mol. The summed E-state index contributed by atoms with van der Waals surface area (Å²) in [7, 11) is 0. The molecular formula is C21H20N2O5. The maximum absolute atomic E-state index is 12.4. The molecule has 1 aliphatic rings. The normalized spacial score (nSPS) is 12.5. The third kappa shape index (κ3) is 3.93. The Balaban J connectivity index is 1.44. The molecule has 0 unspecified atom stereocenters. The number of hydrogen-bond acceptors (Lipinski definition) is 6. The second kappa shape index (κ2) is 8.04. The van der Waals surface area contributed by atoms with Gasteiger partial charge in [0.05, 0.1) is 24.4 Å². The Hall–Kier alpha value is -3.48. The largest absolute Gasteiger partial charge is 0.492 e. The highest BCUT2D eigenvalue weighted by Crippen LogP contribution is 2.34. The van der Waals surface area contributed by atoms with Gasteiger partial charge in [0.2, 0.25) is 5.91 Å². The maximum atomic E-state index is 12.4. The molecule has 0 bridgehead atoms. The maximum Gasteiger partial charge on any atom is 0.230 e. The van der Waals surface area contributed by atoms with E-state index in [0.29, 0.717) is 54.2 Å². The van der Waals surface area contributed by atoms with Crippen LogP contribution in [0.2, 0.25) is 0 Å². The highest BCUT2D eigenvalue weighted by atomic mass is 16.6. The van der Waals surface area contributed by atoms with Gasteiger partial charge in [-0.25, -0.2) is 0 Å². The zero-order valence-corrected chi connectivity index (χ0v) is 15.4. The van der Waals surface area contributed by atoms with Crippen LogP contribution in [0.5, 0.6) is 17.2 Å². The number of amides is 1. The first-order valence-corrected chi connectivity index (χ1v) is 9.10. The first-order valence-electron chi connectivity index (χ1n) is 9.10.